The summed E-state index contributed by atoms with van der Waals surface area (Å²) in [6.45, 7) is 4.03. The molecule has 0 unspecified atom stereocenters. The van der Waals surface area contributed by atoms with Crippen molar-refractivity contribution in [1.82, 2.24) is 5.32 Å². The Bertz CT molecular complexity index is 138. The van der Waals surface area contributed by atoms with Gasteiger partial charge in [0.15, 0.2) is 0 Å². The van der Waals surface area contributed by atoms with Crippen LogP contribution in [0.3, 0.4) is 0 Å². The summed E-state index contributed by atoms with van der Waals surface area (Å²) in [5.74, 6) is -0.804. The Kier molecular flexibility index (Phi) is 6.22. The molecule has 1 radical (unpaired) electrons. The van der Waals surface area contributed by atoms with Crippen molar-refractivity contribution in [3.05, 3.63) is 12.7 Å². The van der Waals surface area contributed by atoms with Gasteiger partial charge in [0.05, 0.1) is 0 Å². The first-order valence-corrected chi connectivity index (χ1v) is 4.58. The number of nitrogens with one attached hydrogen (secondary N) is 1. The molecule has 4 heteroatoms. The average molecular weight is 221 g/mol. The topological polar surface area (TPSA) is 49.3 Å². The van der Waals surface area contributed by atoms with E-state index >= 15 is 0 Å². The molecule has 0 aliphatic rings. The summed E-state index contributed by atoms with van der Waals surface area (Å²) in [7, 11) is 0. The molecule has 0 aliphatic carbocycles. The van der Waals surface area contributed by atoms with Crippen molar-refractivity contribution >= 4 is 22.0 Å². The molecule has 0 rings (SSSR count). The molecule has 1 atom stereocenters. The van der Waals surface area contributed by atoms with E-state index in [1.54, 1.807) is 6.08 Å². The van der Waals surface area contributed by atoms with E-state index in [2.05, 4.69) is 27.9 Å². The summed E-state index contributed by atoms with van der Waals surface area (Å²) >= 11 is 2.78. The van der Waals surface area contributed by atoms with Gasteiger partial charge in [0.2, 0.25) is 0 Å². The van der Waals surface area contributed by atoms with Gasteiger partial charge in [-0.1, -0.05) is 0 Å². The molecule has 0 spiro atoms. The zero-order valence-electron chi connectivity index (χ0n) is 6.25. The monoisotopic (exact) mass is 222 g/mol. The number of carbonyl (C=O) groups is 1. The zero-order chi connectivity index (χ0) is 8.69. The van der Waals surface area contributed by atoms with Crippen LogP contribution in [0.2, 0.25) is 5.32 Å². The second-order valence-electron chi connectivity index (χ2n) is 2.08. The van der Waals surface area contributed by atoms with Crippen molar-refractivity contribution in [3.63, 3.8) is 0 Å². The SMILES string of the molecule is C=CCN[C@@H](CC[Se])C(=O)O. The van der Waals surface area contributed by atoms with E-state index in [1.165, 1.54) is 0 Å². The Morgan fingerprint density at radius 2 is 2.45 bits per heavy atom. The number of carboxylic acid groups (broad SMARTS) is 1. The Balaban J connectivity index is 3.68. The van der Waals surface area contributed by atoms with E-state index in [4.69, 9.17) is 5.11 Å². The van der Waals surface area contributed by atoms with Gasteiger partial charge in [-0.3, -0.25) is 0 Å². The van der Waals surface area contributed by atoms with Crippen LogP contribution in [0.25, 0.3) is 0 Å². The summed E-state index contributed by atoms with van der Waals surface area (Å²) in [6, 6.07) is -0.450. The normalized spacial score (nSPS) is 12.5. The Hall–Kier alpha value is -0.311. The van der Waals surface area contributed by atoms with Crippen molar-refractivity contribution in [2.24, 2.45) is 0 Å². The molecule has 0 amide bonds. The zero-order valence-corrected chi connectivity index (χ0v) is 7.96. The molecule has 0 aromatic carbocycles. The first-order valence-electron chi connectivity index (χ1n) is 3.37. The van der Waals surface area contributed by atoms with Gasteiger partial charge in [0.25, 0.3) is 0 Å². The van der Waals surface area contributed by atoms with Crippen LogP contribution in [-0.2, 0) is 4.79 Å². The third-order valence-corrected chi connectivity index (χ3v) is 1.71. The predicted molar refractivity (Wildman–Crippen MR) is 44.8 cm³/mol. The molecule has 3 nitrogen and oxygen atoms in total. The van der Waals surface area contributed by atoms with Crippen LogP contribution in [0.5, 0.6) is 0 Å². The van der Waals surface area contributed by atoms with E-state index in [9.17, 15) is 4.79 Å². The van der Waals surface area contributed by atoms with Crippen molar-refractivity contribution in [2.75, 3.05) is 6.54 Å². The molecule has 0 aromatic heterocycles. The molecule has 2 N–H and O–H groups in total. The second kappa shape index (κ2) is 6.40. The molecule has 0 aliphatic heterocycles. The molecule has 63 valence electrons. The van der Waals surface area contributed by atoms with Crippen molar-refractivity contribution in [3.8, 4) is 0 Å². The molecular formula is C7H12NO2Se. The van der Waals surface area contributed by atoms with Gasteiger partial charge in [-0.15, -0.1) is 0 Å². The van der Waals surface area contributed by atoms with Gasteiger partial charge in [-0.2, -0.15) is 0 Å². The van der Waals surface area contributed by atoms with Gasteiger partial charge in [-0.05, 0) is 0 Å². The first-order chi connectivity index (χ1) is 5.22. The van der Waals surface area contributed by atoms with Gasteiger partial charge in [0, 0.05) is 0 Å². The van der Waals surface area contributed by atoms with Crippen molar-refractivity contribution < 1.29 is 9.90 Å². The van der Waals surface area contributed by atoms with Crippen LogP contribution >= 0.6 is 0 Å². The van der Waals surface area contributed by atoms with Crippen molar-refractivity contribution in [2.45, 2.75) is 17.8 Å². The summed E-state index contributed by atoms with van der Waals surface area (Å²) < 4.78 is 0. The summed E-state index contributed by atoms with van der Waals surface area (Å²) in [4.78, 5) is 10.5. The van der Waals surface area contributed by atoms with Gasteiger partial charge < -0.3 is 0 Å². The van der Waals surface area contributed by atoms with Gasteiger partial charge in [0.1, 0.15) is 0 Å². The van der Waals surface area contributed by atoms with Crippen LogP contribution in [0, 0.1) is 0 Å². The fourth-order valence-corrected chi connectivity index (χ4v) is 1.15. The Morgan fingerprint density at radius 1 is 1.82 bits per heavy atom. The third kappa shape index (κ3) is 5.01. The number of aliphatic carboxylic acids is 1. The third-order valence-electron chi connectivity index (χ3n) is 1.21. The summed E-state index contributed by atoms with van der Waals surface area (Å²) in [5.41, 5.74) is 0. The number of hydrogen-bond acceptors (Lipinski definition) is 2. The Labute approximate surface area is 74.7 Å². The number of hydrogen-bond donors (Lipinski definition) is 2. The van der Waals surface area contributed by atoms with Crippen LogP contribution < -0.4 is 5.32 Å². The van der Waals surface area contributed by atoms with E-state index in [0.717, 1.165) is 5.32 Å². The molecule has 0 saturated heterocycles. The standard InChI is InChI=1S/C7H12NO2Se/c1-2-4-8-6(3-5-11)7(9)10/h2,6,8H,1,3-5H2,(H,9,10)/t6-/m0/s1. The van der Waals surface area contributed by atoms with Gasteiger partial charge in [-0.25, -0.2) is 0 Å². The molecule has 0 saturated carbocycles. The molecule has 0 bridgehead atoms. The predicted octanol–water partition coefficient (Wildman–Crippen LogP) is 0.192. The molecule has 0 heterocycles. The molecular weight excluding hydrogens is 209 g/mol. The number of carboxylic acids is 1. The minimum absolute atomic E-state index is 0.450. The van der Waals surface area contributed by atoms with Gasteiger partial charge >= 0.3 is 74.2 Å². The fraction of sp³-hybridized carbons (Fsp3) is 0.571. The van der Waals surface area contributed by atoms with Crippen LogP contribution in [-0.4, -0.2) is 39.7 Å². The summed E-state index contributed by atoms with van der Waals surface area (Å²) in [5, 5.41) is 12.2. The minimum atomic E-state index is -0.804. The second-order valence-corrected chi connectivity index (χ2v) is 2.94. The Morgan fingerprint density at radius 3 is 2.82 bits per heavy atom. The first kappa shape index (κ1) is 10.7. The van der Waals surface area contributed by atoms with E-state index in [-0.39, 0.29) is 0 Å². The number of rotatable bonds is 6. The fourth-order valence-electron chi connectivity index (χ4n) is 0.656. The van der Waals surface area contributed by atoms with Crippen LogP contribution in [0.4, 0.5) is 0 Å². The van der Waals surface area contributed by atoms with Crippen molar-refractivity contribution in [1.29, 1.82) is 0 Å². The van der Waals surface area contributed by atoms with E-state index in [0.29, 0.717) is 13.0 Å². The molecule has 0 aromatic rings. The van der Waals surface area contributed by atoms with Crippen LogP contribution in [0.15, 0.2) is 12.7 Å². The maximum atomic E-state index is 10.5. The van der Waals surface area contributed by atoms with Crippen LogP contribution in [0.1, 0.15) is 6.42 Å². The quantitative estimate of drug-likeness (QED) is 0.497. The van der Waals surface area contributed by atoms with E-state index < -0.39 is 12.0 Å². The average Bonchev–Trinajstić information content (AvgIpc) is 1.97. The molecule has 11 heavy (non-hydrogen) atoms. The maximum absolute atomic E-state index is 10.5. The molecule has 0 fully saturated rings. The summed E-state index contributed by atoms with van der Waals surface area (Å²) in [6.07, 6.45) is 2.26. The van der Waals surface area contributed by atoms with E-state index in [1.807, 2.05) is 0 Å².